The first kappa shape index (κ1) is 11.5. The largest absolute Gasteiger partial charge is 0.366 e. The second kappa shape index (κ2) is 4.45. The molecule has 3 atom stereocenters. The molecule has 0 aromatic carbocycles. The molecule has 2 heterocycles. The van der Waals surface area contributed by atoms with Crippen molar-refractivity contribution in [1.29, 1.82) is 0 Å². The summed E-state index contributed by atoms with van der Waals surface area (Å²) < 4.78 is 1.97. The van der Waals surface area contributed by atoms with E-state index in [1.807, 2.05) is 10.9 Å². The molecule has 4 nitrogen and oxygen atoms in total. The van der Waals surface area contributed by atoms with Crippen molar-refractivity contribution in [2.45, 2.75) is 45.8 Å². The van der Waals surface area contributed by atoms with Gasteiger partial charge in [-0.1, -0.05) is 6.92 Å². The molecule has 0 saturated carbocycles. The fourth-order valence-corrected chi connectivity index (χ4v) is 2.43. The van der Waals surface area contributed by atoms with Crippen LogP contribution in [0.3, 0.4) is 0 Å². The number of nitrogens with zero attached hydrogens (tertiary/aromatic N) is 3. The molecule has 90 valence electrons. The first-order valence-electron chi connectivity index (χ1n) is 6.18. The van der Waals surface area contributed by atoms with Gasteiger partial charge in [-0.3, -0.25) is 4.68 Å². The van der Waals surface area contributed by atoms with Gasteiger partial charge in [-0.15, -0.1) is 0 Å². The lowest BCUT2D eigenvalue weighted by molar-refractivity contribution is 0.315. The van der Waals surface area contributed by atoms with Crippen molar-refractivity contribution >= 4 is 5.69 Å². The van der Waals surface area contributed by atoms with Crippen LogP contribution < -0.4 is 10.6 Å². The number of anilines is 1. The Balaban J connectivity index is 2.15. The van der Waals surface area contributed by atoms with Gasteiger partial charge in [0.05, 0.1) is 11.9 Å². The Morgan fingerprint density at radius 2 is 2.25 bits per heavy atom. The summed E-state index contributed by atoms with van der Waals surface area (Å²) >= 11 is 0. The third-order valence-corrected chi connectivity index (χ3v) is 3.91. The van der Waals surface area contributed by atoms with Crippen LogP contribution in [0.2, 0.25) is 0 Å². The van der Waals surface area contributed by atoms with Crippen LogP contribution in [0.25, 0.3) is 0 Å². The van der Waals surface area contributed by atoms with Crippen LogP contribution in [0, 0.1) is 5.92 Å². The molecule has 0 amide bonds. The summed E-state index contributed by atoms with van der Waals surface area (Å²) in [5.41, 5.74) is 7.32. The van der Waals surface area contributed by atoms with E-state index in [-0.39, 0.29) is 0 Å². The minimum Gasteiger partial charge on any atom is -0.366 e. The lowest BCUT2D eigenvalue weighted by Crippen LogP contribution is -2.51. The van der Waals surface area contributed by atoms with Crippen LogP contribution in [-0.2, 0) is 6.54 Å². The SMILES string of the molecule is CCn1cc(N2CCC(N)C(C)C2C)cn1. The maximum absolute atomic E-state index is 6.09. The number of hydrogen-bond donors (Lipinski definition) is 1. The zero-order valence-corrected chi connectivity index (χ0v) is 10.4. The predicted octanol–water partition coefficient (Wildman–Crippen LogP) is 1.46. The van der Waals surface area contributed by atoms with Gasteiger partial charge in [0.15, 0.2) is 0 Å². The van der Waals surface area contributed by atoms with Gasteiger partial charge in [0.25, 0.3) is 0 Å². The number of nitrogens with two attached hydrogens (primary N) is 1. The maximum atomic E-state index is 6.09. The van der Waals surface area contributed by atoms with Crippen LogP contribution in [-0.4, -0.2) is 28.4 Å². The zero-order valence-electron chi connectivity index (χ0n) is 10.4. The number of aryl methyl sites for hydroxylation is 1. The fraction of sp³-hybridized carbons (Fsp3) is 0.750. The second-order valence-corrected chi connectivity index (χ2v) is 4.80. The van der Waals surface area contributed by atoms with E-state index >= 15 is 0 Å². The van der Waals surface area contributed by atoms with Gasteiger partial charge in [0.1, 0.15) is 0 Å². The molecule has 0 radical (unpaired) electrons. The topological polar surface area (TPSA) is 47.1 Å². The summed E-state index contributed by atoms with van der Waals surface area (Å²) in [6.07, 6.45) is 5.16. The van der Waals surface area contributed by atoms with Gasteiger partial charge in [-0.25, -0.2) is 0 Å². The number of piperidine rings is 1. The Bertz CT molecular complexity index is 347. The summed E-state index contributed by atoms with van der Waals surface area (Å²) in [5, 5.41) is 4.33. The summed E-state index contributed by atoms with van der Waals surface area (Å²) in [4.78, 5) is 2.42. The molecule has 1 fully saturated rings. The minimum atomic E-state index is 0.340. The van der Waals surface area contributed by atoms with Crippen LogP contribution in [0.4, 0.5) is 5.69 Å². The van der Waals surface area contributed by atoms with Gasteiger partial charge >= 0.3 is 0 Å². The van der Waals surface area contributed by atoms with Crippen LogP contribution in [0.15, 0.2) is 12.4 Å². The molecular formula is C12H22N4. The molecule has 0 bridgehead atoms. The highest BCUT2D eigenvalue weighted by molar-refractivity contribution is 5.44. The van der Waals surface area contributed by atoms with Crippen molar-refractivity contribution in [2.75, 3.05) is 11.4 Å². The average Bonchev–Trinajstić information content (AvgIpc) is 2.74. The Labute approximate surface area is 97.4 Å². The van der Waals surface area contributed by atoms with Gasteiger partial charge in [-0.2, -0.15) is 5.10 Å². The van der Waals surface area contributed by atoms with Crippen molar-refractivity contribution in [3.63, 3.8) is 0 Å². The zero-order chi connectivity index (χ0) is 11.7. The highest BCUT2D eigenvalue weighted by atomic mass is 15.3. The van der Waals surface area contributed by atoms with E-state index in [0.717, 1.165) is 19.5 Å². The van der Waals surface area contributed by atoms with Crippen molar-refractivity contribution in [3.8, 4) is 0 Å². The quantitative estimate of drug-likeness (QED) is 0.824. The van der Waals surface area contributed by atoms with Crippen molar-refractivity contribution in [1.82, 2.24) is 9.78 Å². The summed E-state index contributed by atoms with van der Waals surface area (Å²) in [7, 11) is 0. The third kappa shape index (κ3) is 1.94. The standard InChI is InChI=1S/C12H22N4/c1-4-15-8-11(7-14-15)16-6-5-12(13)9(2)10(16)3/h7-10,12H,4-6,13H2,1-3H3. The summed E-state index contributed by atoms with van der Waals surface area (Å²) in [6, 6.07) is 0.839. The molecule has 0 aliphatic carbocycles. The monoisotopic (exact) mass is 222 g/mol. The first-order chi connectivity index (χ1) is 7.63. The molecule has 2 N–H and O–H groups in total. The van der Waals surface area contributed by atoms with Gasteiger partial charge in [0.2, 0.25) is 0 Å². The maximum Gasteiger partial charge on any atom is 0.0755 e. The lowest BCUT2D eigenvalue weighted by atomic mass is 9.87. The molecule has 4 heteroatoms. The van der Waals surface area contributed by atoms with Gasteiger partial charge < -0.3 is 10.6 Å². The number of rotatable bonds is 2. The highest BCUT2D eigenvalue weighted by Crippen LogP contribution is 2.27. The molecule has 1 saturated heterocycles. The Morgan fingerprint density at radius 1 is 1.50 bits per heavy atom. The summed E-state index contributed by atoms with van der Waals surface area (Å²) in [6.45, 7) is 8.58. The molecule has 2 rings (SSSR count). The predicted molar refractivity (Wildman–Crippen MR) is 66.5 cm³/mol. The number of aromatic nitrogens is 2. The number of hydrogen-bond acceptors (Lipinski definition) is 3. The van der Waals surface area contributed by atoms with E-state index in [4.69, 9.17) is 5.73 Å². The third-order valence-electron chi connectivity index (χ3n) is 3.91. The van der Waals surface area contributed by atoms with Crippen molar-refractivity contribution in [2.24, 2.45) is 11.7 Å². The van der Waals surface area contributed by atoms with Crippen molar-refractivity contribution < 1.29 is 0 Å². The van der Waals surface area contributed by atoms with Crippen LogP contribution in [0.1, 0.15) is 27.2 Å². The highest BCUT2D eigenvalue weighted by Gasteiger charge is 2.30. The van der Waals surface area contributed by atoms with Crippen LogP contribution in [0.5, 0.6) is 0 Å². The normalized spacial score (nSPS) is 30.8. The Kier molecular flexibility index (Phi) is 3.19. The molecule has 1 aliphatic rings. The molecule has 1 aromatic heterocycles. The van der Waals surface area contributed by atoms with E-state index < -0.39 is 0 Å². The molecule has 1 aliphatic heterocycles. The molecule has 1 aromatic rings. The minimum absolute atomic E-state index is 0.340. The van der Waals surface area contributed by atoms with Gasteiger partial charge in [0, 0.05) is 31.4 Å². The fourth-order valence-electron chi connectivity index (χ4n) is 2.43. The Morgan fingerprint density at radius 3 is 2.88 bits per heavy atom. The van der Waals surface area contributed by atoms with E-state index in [0.29, 0.717) is 18.0 Å². The molecular weight excluding hydrogens is 200 g/mol. The summed E-state index contributed by atoms with van der Waals surface area (Å²) in [5.74, 6) is 0.540. The lowest BCUT2D eigenvalue weighted by Gasteiger charge is -2.42. The Hall–Kier alpha value is -1.03. The molecule has 0 spiro atoms. The molecule has 3 unspecified atom stereocenters. The first-order valence-corrected chi connectivity index (χ1v) is 6.18. The molecule has 16 heavy (non-hydrogen) atoms. The van der Waals surface area contributed by atoms with Crippen LogP contribution >= 0.6 is 0 Å². The van der Waals surface area contributed by atoms with E-state index in [2.05, 4.69) is 37.0 Å². The van der Waals surface area contributed by atoms with E-state index in [1.165, 1.54) is 5.69 Å². The van der Waals surface area contributed by atoms with E-state index in [1.54, 1.807) is 0 Å². The smallest absolute Gasteiger partial charge is 0.0755 e. The van der Waals surface area contributed by atoms with E-state index in [9.17, 15) is 0 Å². The second-order valence-electron chi connectivity index (χ2n) is 4.80. The van der Waals surface area contributed by atoms with Gasteiger partial charge in [-0.05, 0) is 26.2 Å². The van der Waals surface area contributed by atoms with Crippen molar-refractivity contribution in [3.05, 3.63) is 12.4 Å². The average molecular weight is 222 g/mol.